The first-order valence-electron chi connectivity index (χ1n) is 5.17. The molecule has 0 amide bonds. The van der Waals surface area contributed by atoms with Crippen LogP contribution in [0.2, 0.25) is 0 Å². The van der Waals surface area contributed by atoms with E-state index in [0.717, 1.165) is 13.0 Å². The maximum atomic E-state index is 10.2. The molecule has 12 heavy (non-hydrogen) atoms. The number of rotatable bonds is 2. The summed E-state index contributed by atoms with van der Waals surface area (Å²) in [5, 5.41) is 13.6. The van der Waals surface area contributed by atoms with Gasteiger partial charge < -0.3 is 10.4 Å². The van der Waals surface area contributed by atoms with Gasteiger partial charge in [0.05, 0.1) is 5.60 Å². The third-order valence-electron chi connectivity index (χ3n) is 3.42. The Labute approximate surface area is 74.4 Å². The molecule has 0 aromatic carbocycles. The van der Waals surface area contributed by atoms with Crippen LogP contribution in [0, 0.1) is 5.92 Å². The average Bonchev–Trinajstić information content (AvgIpc) is 2.88. The summed E-state index contributed by atoms with van der Waals surface area (Å²) >= 11 is 0. The molecule has 2 N–H and O–H groups in total. The Morgan fingerprint density at radius 2 is 2.00 bits per heavy atom. The van der Waals surface area contributed by atoms with Gasteiger partial charge >= 0.3 is 0 Å². The number of aliphatic hydroxyl groups is 1. The molecular formula is C10H19NO. The molecule has 2 rings (SSSR count). The number of hydrogen-bond acceptors (Lipinski definition) is 2. The highest BCUT2D eigenvalue weighted by Crippen LogP contribution is 2.42. The molecule has 0 unspecified atom stereocenters. The van der Waals surface area contributed by atoms with Gasteiger partial charge in [0.25, 0.3) is 0 Å². The molecule has 0 aromatic heterocycles. The Morgan fingerprint density at radius 3 is 2.50 bits per heavy atom. The predicted molar refractivity (Wildman–Crippen MR) is 49.0 cm³/mol. The van der Waals surface area contributed by atoms with Crippen LogP contribution in [0.15, 0.2) is 0 Å². The zero-order chi connectivity index (χ0) is 8.60. The molecule has 0 aromatic rings. The van der Waals surface area contributed by atoms with Crippen LogP contribution in [0.3, 0.4) is 0 Å². The summed E-state index contributed by atoms with van der Waals surface area (Å²) in [5.41, 5.74) is -0.430. The number of piperidine rings is 1. The third kappa shape index (κ3) is 1.50. The van der Waals surface area contributed by atoms with Gasteiger partial charge in [-0.2, -0.15) is 0 Å². The summed E-state index contributed by atoms with van der Waals surface area (Å²) in [6.45, 7) is 3.10. The molecule has 1 saturated heterocycles. The van der Waals surface area contributed by atoms with Gasteiger partial charge in [-0.3, -0.25) is 0 Å². The topological polar surface area (TPSA) is 32.3 Å². The van der Waals surface area contributed by atoms with E-state index in [0.29, 0.717) is 12.0 Å². The molecule has 2 atom stereocenters. The molecule has 2 aliphatic rings. The lowest BCUT2D eigenvalue weighted by molar-refractivity contribution is -0.0102. The summed E-state index contributed by atoms with van der Waals surface area (Å²) in [7, 11) is 0. The molecule has 1 aliphatic heterocycles. The van der Waals surface area contributed by atoms with Crippen molar-refractivity contribution >= 4 is 0 Å². The third-order valence-corrected chi connectivity index (χ3v) is 3.42. The smallest absolute Gasteiger partial charge is 0.0799 e. The van der Waals surface area contributed by atoms with Crippen molar-refractivity contribution in [2.45, 2.75) is 50.7 Å². The van der Waals surface area contributed by atoms with Crippen molar-refractivity contribution in [3.63, 3.8) is 0 Å². The second kappa shape index (κ2) is 3.00. The Hall–Kier alpha value is -0.0800. The predicted octanol–water partition coefficient (Wildman–Crippen LogP) is 1.29. The summed E-state index contributed by atoms with van der Waals surface area (Å²) < 4.78 is 0. The SMILES string of the molecule is C[C@@](O)(C1CC1)[C@H]1CCCCN1. The average molecular weight is 169 g/mol. The van der Waals surface area contributed by atoms with Crippen LogP contribution in [-0.4, -0.2) is 23.3 Å². The lowest BCUT2D eigenvalue weighted by atomic mass is 9.85. The fraction of sp³-hybridized carbons (Fsp3) is 1.00. The minimum Gasteiger partial charge on any atom is -0.388 e. The largest absolute Gasteiger partial charge is 0.388 e. The minimum atomic E-state index is -0.430. The van der Waals surface area contributed by atoms with Gasteiger partial charge in [0.1, 0.15) is 0 Å². The van der Waals surface area contributed by atoms with E-state index < -0.39 is 5.60 Å². The lowest BCUT2D eigenvalue weighted by Gasteiger charge is -2.36. The monoisotopic (exact) mass is 169 g/mol. The van der Waals surface area contributed by atoms with Crippen molar-refractivity contribution in [3.05, 3.63) is 0 Å². The van der Waals surface area contributed by atoms with Crippen LogP contribution < -0.4 is 5.32 Å². The molecule has 1 saturated carbocycles. The number of nitrogens with one attached hydrogen (secondary N) is 1. The summed E-state index contributed by atoms with van der Waals surface area (Å²) in [6, 6.07) is 0.360. The van der Waals surface area contributed by atoms with Gasteiger partial charge in [-0.05, 0) is 45.1 Å². The fourth-order valence-corrected chi connectivity index (χ4v) is 2.30. The Balaban J connectivity index is 1.95. The van der Waals surface area contributed by atoms with E-state index in [2.05, 4.69) is 5.32 Å². The Morgan fingerprint density at radius 1 is 1.25 bits per heavy atom. The first kappa shape index (κ1) is 8.52. The molecule has 2 nitrogen and oxygen atoms in total. The van der Waals surface area contributed by atoms with Gasteiger partial charge in [-0.1, -0.05) is 6.42 Å². The standard InChI is InChI=1S/C10H19NO/c1-10(12,8-5-6-8)9-4-2-3-7-11-9/h8-9,11-12H,2-7H2,1H3/t9-,10-/m1/s1. The van der Waals surface area contributed by atoms with Gasteiger partial charge in [0.2, 0.25) is 0 Å². The summed E-state index contributed by atoms with van der Waals surface area (Å²) in [5.74, 6) is 0.577. The second-order valence-corrected chi connectivity index (χ2v) is 4.50. The van der Waals surface area contributed by atoms with E-state index in [1.54, 1.807) is 0 Å². The molecule has 1 aliphatic carbocycles. The van der Waals surface area contributed by atoms with Crippen molar-refractivity contribution < 1.29 is 5.11 Å². The van der Waals surface area contributed by atoms with E-state index in [1.165, 1.54) is 25.7 Å². The van der Waals surface area contributed by atoms with E-state index in [-0.39, 0.29) is 0 Å². The highest BCUT2D eigenvalue weighted by atomic mass is 16.3. The van der Waals surface area contributed by atoms with Crippen LogP contribution in [-0.2, 0) is 0 Å². The number of hydrogen-bond donors (Lipinski definition) is 2. The summed E-state index contributed by atoms with van der Waals surface area (Å²) in [6.07, 6.45) is 6.16. The second-order valence-electron chi connectivity index (χ2n) is 4.50. The van der Waals surface area contributed by atoms with Gasteiger partial charge in [0.15, 0.2) is 0 Å². The molecule has 0 radical (unpaired) electrons. The maximum absolute atomic E-state index is 10.2. The van der Waals surface area contributed by atoms with E-state index in [9.17, 15) is 5.11 Å². The summed E-state index contributed by atoms with van der Waals surface area (Å²) in [4.78, 5) is 0. The first-order valence-corrected chi connectivity index (χ1v) is 5.17. The van der Waals surface area contributed by atoms with Crippen molar-refractivity contribution in [2.75, 3.05) is 6.54 Å². The molecule has 2 heteroatoms. The fourth-order valence-electron chi connectivity index (χ4n) is 2.30. The minimum absolute atomic E-state index is 0.360. The van der Waals surface area contributed by atoms with Crippen LogP contribution >= 0.6 is 0 Å². The van der Waals surface area contributed by atoms with Gasteiger partial charge in [0, 0.05) is 6.04 Å². The Kier molecular flexibility index (Phi) is 2.13. The zero-order valence-electron chi connectivity index (χ0n) is 7.84. The van der Waals surface area contributed by atoms with E-state index >= 15 is 0 Å². The van der Waals surface area contributed by atoms with Crippen molar-refractivity contribution in [1.82, 2.24) is 5.32 Å². The van der Waals surface area contributed by atoms with E-state index in [1.807, 2.05) is 6.92 Å². The first-order chi connectivity index (χ1) is 5.71. The van der Waals surface area contributed by atoms with Crippen LogP contribution in [0.5, 0.6) is 0 Å². The quantitative estimate of drug-likeness (QED) is 0.653. The van der Waals surface area contributed by atoms with Crippen LogP contribution in [0.4, 0.5) is 0 Å². The lowest BCUT2D eigenvalue weighted by Crippen LogP contribution is -2.52. The normalized spacial score (nSPS) is 36.0. The molecular weight excluding hydrogens is 150 g/mol. The van der Waals surface area contributed by atoms with E-state index in [4.69, 9.17) is 0 Å². The molecule has 2 fully saturated rings. The zero-order valence-corrected chi connectivity index (χ0v) is 7.84. The maximum Gasteiger partial charge on any atom is 0.0799 e. The molecule has 0 spiro atoms. The molecule has 1 heterocycles. The highest BCUT2D eigenvalue weighted by Gasteiger charge is 2.45. The van der Waals surface area contributed by atoms with Crippen molar-refractivity contribution in [2.24, 2.45) is 5.92 Å². The van der Waals surface area contributed by atoms with Gasteiger partial charge in [-0.15, -0.1) is 0 Å². The van der Waals surface area contributed by atoms with Crippen LogP contribution in [0.25, 0.3) is 0 Å². The van der Waals surface area contributed by atoms with Gasteiger partial charge in [-0.25, -0.2) is 0 Å². The Bertz CT molecular complexity index is 157. The van der Waals surface area contributed by atoms with Crippen molar-refractivity contribution in [3.8, 4) is 0 Å². The molecule has 70 valence electrons. The van der Waals surface area contributed by atoms with Crippen LogP contribution in [0.1, 0.15) is 39.0 Å². The molecule has 0 bridgehead atoms. The van der Waals surface area contributed by atoms with Crippen molar-refractivity contribution in [1.29, 1.82) is 0 Å². The highest BCUT2D eigenvalue weighted by molar-refractivity contribution is 5.00.